The van der Waals surface area contributed by atoms with Gasteiger partial charge in [0.1, 0.15) is 6.17 Å². The molecule has 1 aromatic carbocycles. The Labute approximate surface area is 70.4 Å². The summed E-state index contributed by atoms with van der Waals surface area (Å²) in [5.41, 5.74) is 6.07. The van der Waals surface area contributed by atoms with Crippen LogP contribution in [0.2, 0.25) is 0 Å². The van der Waals surface area contributed by atoms with Crippen LogP contribution in [0, 0.1) is 11.3 Å². The maximum absolute atomic E-state index is 12.9. The van der Waals surface area contributed by atoms with Crippen molar-refractivity contribution in [2.24, 2.45) is 5.73 Å². The fourth-order valence-electron chi connectivity index (χ4n) is 0.939. The topological polar surface area (TPSA) is 49.8 Å². The minimum absolute atomic E-state index is 0.0467. The smallest absolute Gasteiger partial charge is 0.137 e. The molecule has 0 aliphatic heterocycles. The Morgan fingerprint density at radius 2 is 2.33 bits per heavy atom. The van der Waals surface area contributed by atoms with Gasteiger partial charge >= 0.3 is 0 Å². The van der Waals surface area contributed by atoms with Gasteiger partial charge in [-0.3, -0.25) is 0 Å². The molecule has 0 heterocycles. The van der Waals surface area contributed by atoms with Crippen LogP contribution >= 0.6 is 0 Å². The normalized spacial score (nSPS) is 12.1. The van der Waals surface area contributed by atoms with E-state index in [4.69, 9.17) is 11.0 Å². The van der Waals surface area contributed by atoms with Crippen molar-refractivity contribution in [2.45, 2.75) is 6.17 Å². The third-order valence-corrected chi connectivity index (χ3v) is 1.58. The molecule has 1 unspecified atom stereocenters. The summed E-state index contributed by atoms with van der Waals surface area (Å²) in [5, 5.41) is 8.51. The van der Waals surface area contributed by atoms with Gasteiger partial charge in [0.2, 0.25) is 0 Å². The Balaban J connectivity index is 2.95. The Bertz CT molecular complexity index is 304. The van der Waals surface area contributed by atoms with Crippen LogP contribution in [0.4, 0.5) is 4.39 Å². The van der Waals surface area contributed by atoms with Crippen molar-refractivity contribution in [2.75, 3.05) is 6.54 Å². The van der Waals surface area contributed by atoms with Gasteiger partial charge in [-0.2, -0.15) is 5.26 Å². The number of hydrogen-bond donors (Lipinski definition) is 1. The summed E-state index contributed by atoms with van der Waals surface area (Å²) in [6, 6.07) is 8.35. The van der Waals surface area contributed by atoms with Crippen molar-refractivity contribution in [3.63, 3.8) is 0 Å². The molecule has 2 nitrogen and oxygen atoms in total. The first-order chi connectivity index (χ1) is 5.77. The van der Waals surface area contributed by atoms with Gasteiger partial charge in [-0.05, 0) is 17.7 Å². The number of nitrogens with two attached hydrogens (primary N) is 1. The monoisotopic (exact) mass is 164 g/mol. The molecule has 0 radical (unpaired) electrons. The van der Waals surface area contributed by atoms with Crippen LogP contribution in [-0.4, -0.2) is 6.54 Å². The molecule has 0 saturated heterocycles. The number of benzene rings is 1. The van der Waals surface area contributed by atoms with E-state index in [2.05, 4.69) is 0 Å². The van der Waals surface area contributed by atoms with Crippen molar-refractivity contribution in [3.05, 3.63) is 35.4 Å². The third-order valence-electron chi connectivity index (χ3n) is 1.58. The maximum Gasteiger partial charge on any atom is 0.137 e. The molecule has 0 aliphatic carbocycles. The number of nitriles is 1. The van der Waals surface area contributed by atoms with Crippen LogP contribution < -0.4 is 5.73 Å². The molecule has 0 amide bonds. The van der Waals surface area contributed by atoms with E-state index in [0.717, 1.165) is 0 Å². The summed E-state index contributed by atoms with van der Waals surface area (Å²) in [7, 11) is 0. The van der Waals surface area contributed by atoms with Crippen molar-refractivity contribution >= 4 is 0 Å². The van der Waals surface area contributed by atoms with E-state index in [0.29, 0.717) is 11.1 Å². The van der Waals surface area contributed by atoms with Gasteiger partial charge in [-0.15, -0.1) is 0 Å². The Morgan fingerprint density at radius 1 is 1.58 bits per heavy atom. The molecule has 1 rings (SSSR count). The first-order valence-corrected chi connectivity index (χ1v) is 3.62. The highest BCUT2D eigenvalue weighted by molar-refractivity contribution is 5.33. The molecular weight excluding hydrogens is 155 g/mol. The van der Waals surface area contributed by atoms with Gasteiger partial charge in [0.25, 0.3) is 0 Å². The van der Waals surface area contributed by atoms with Gasteiger partial charge in [-0.1, -0.05) is 12.1 Å². The lowest BCUT2D eigenvalue weighted by atomic mass is 10.1. The average molecular weight is 164 g/mol. The van der Waals surface area contributed by atoms with E-state index in [-0.39, 0.29) is 6.54 Å². The van der Waals surface area contributed by atoms with Crippen LogP contribution in [0.25, 0.3) is 0 Å². The summed E-state index contributed by atoms with van der Waals surface area (Å²) in [5.74, 6) is 0. The highest BCUT2D eigenvalue weighted by Crippen LogP contribution is 2.16. The van der Waals surface area contributed by atoms with Crippen molar-refractivity contribution in [1.29, 1.82) is 5.26 Å². The van der Waals surface area contributed by atoms with Crippen LogP contribution in [0.3, 0.4) is 0 Å². The lowest BCUT2D eigenvalue weighted by Gasteiger charge is -2.04. The maximum atomic E-state index is 12.9. The second-order valence-electron chi connectivity index (χ2n) is 2.44. The van der Waals surface area contributed by atoms with Gasteiger partial charge in [0.15, 0.2) is 0 Å². The first kappa shape index (κ1) is 8.69. The van der Waals surface area contributed by atoms with Crippen molar-refractivity contribution in [1.82, 2.24) is 0 Å². The van der Waals surface area contributed by atoms with E-state index in [1.807, 2.05) is 6.07 Å². The van der Waals surface area contributed by atoms with Crippen LogP contribution in [-0.2, 0) is 0 Å². The fourth-order valence-corrected chi connectivity index (χ4v) is 0.939. The zero-order valence-electron chi connectivity index (χ0n) is 6.50. The predicted molar refractivity (Wildman–Crippen MR) is 44.1 cm³/mol. The molecule has 0 bridgehead atoms. The second-order valence-corrected chi connectivity index (χ2v) is 2.44. The van der Waals surface area contributed by atoms with Gasteiger partial charge in [-0.25, -0.2) is 4.39 Å². The van der Waals surface area contributed by atoms with Crippen LogP contribution in [0.5, 0.6) is 0 Å². The van der Waals surface area contributed by atoms with E-state index in [1.54, 1.807) is 18.2 Å². The van der Waals surface area contributed by atoms with E-state index < -0.39 is 6.17 Å². The van der Waals surface area contributed by atoms with E-state index >= 15 is 0 Å². The van der Waals surface area contributed by atoms with Gasteiger partial charge < -0.3 is 5.73 Å². The summed E-state index contributed by atoms with van der Waals surface area (Å²) in [4.78, 5) is 0. The lowest BCUT2D eigenvalue weighted by Crippen LogP contribution is -2.07. The molecule has 0 aliphatic rings. The Morgan fingerprint density at radius 3 is 2.92 bits per heavy atom. The van der Waals surface area contributed by atoms with Crippen molar-refractivity contribution in [3.8, 4) is 6.07 Å². The SMILES string of the molecule is N#Cc1cccc(C(F)CN)c1. The summed E-state index contributed by atoms with van der Waals surface area (Å²) < 4.78 is 12.9. The molecule has 62 valence electrons. The third kappa shape index (κ3) is 1.80. The predicted octanol–water partition coefficient (Wildman–Crippen LogP) is 1.53. The zero-order chi connectivity index (χ0) is 8.97. The lowest BCUT2D eigenvalue weighted by molar-refractivity contribution is 0.353. The summed E-state index contributed by atoms with van der Waals surface area (Å²) in [6.07, 6.45) is -1.17. The van der Waals surface area contributed by atoms with Crippen molar-refractivity contribution < 1.29 is 4.39 Å². The number of halogens is 1. The number of hydrogen-bond acceptors (Lipinski definition) is 2. The fraction of sp³-hybridized carbons (Fsp3) is 0.222. The second kappa shape index (κ2) is 3.84. The molecule has 0 aromatic heterocycles. The van der Waals surface area contributed by atoms with Gasteiger partial charge in [0, 0.05) is 6.54 Å². The molecule has 3 heteroatoms. The molecule has 2 N–H and O–H groups in total. The number of rotatable bonds is 2. The molecule has 0 fully saturated rings. The molecule has 0 saturated carbocycles. The average Bonchev–Trinajstić information content (AvgIpc) is 2.17. The highest BCUT2D eigenvalue weighted by atomic mass is 19.1. The minimum atomic E-state index is -1.17. The summed E-state index contributed by atoms with van der Waals surface area (Å²) >= 11 is 0. The van der Waals surface area contributed by atoms with E-state index in [9.17, 15) is 4.39 Å². The quantitative estimate of drug-likeness (QED) is 0.720. The first-order valence-electron chi connectivity index (χ1n) is 3.62. The van der Waals surface area contributed by atoms with Crippen LogP contribution in [0.15, 0.2) is 24.3 Å². The Hall–Kier alpha value is -1.40. The minimum Gasteiger partial charge on any atom is -0.327 e. The highest BCUT2D eigenvalue weighted by Gasteiger charge is 2.06. The molecule has 1 atom stereocenters. The summed E-state index contributed by atoms with van der Waals surface area (Å²) in [6.45, 7) is -0.0467. The number of alkyl halides is 1. The molecule has 1 aromatic rings. The molecule has 0 spiro atoms. The van der Waals surface area contributed by atoms with Gasteiger partial charge in [0.05, 0.1) is 11.6 Å². The van der Waals surface area contributed by atoms with Crippen LogP contribution in [0.1, 0.15) is 17.3 Å². The Kier molecular flexibility index (Phi) is 2.78. The largest absolute Gasteiger partial charge is 0.327 e. The van der Waals surface area contributed by atoms with E-state index in [1.165, 1.54) is 6.07 Å². The molecule has 12 heavy (non-hydrogen) atoms. The molecular formula is C9H9FN2. The standard InChI is InChI=1S/C9H9FN2/c10-9(6-12)8-3-1-2-7(4-8)5-11/h1-4,9H,6,12H2. The zero-order valence-corrected chi connectivity index (χ0v) is 6.50. The number of nitrogens with zero attached hydrogens (tertiary/aromatic N) is 1.